The summed E-state index contributed by atoms with van der Waals surface area (Å²) < 4.78 is 37.7. The minimum atomic E-state index is -4.27. The zero-order chi connectivity index (χ0) is 10.9. The highest BCUT2D eigenvalue weighted by molar-refractivity contribution is 5.27. The van der Waals surface area contributed by atoms with Crippen LogP contribution in [0.2, 0.25) is 0 Å². The molecule has 5 heteroatoms. The van der Waals surface area contributed by atoms with Gasteiger partial charge in [-0.3, -0.25) is 4.98 Å². The fraction of sp³-hybridized carbons (Fsp3) is 0.500. The summed E-state index contributed by atoms with van der Waals surface area (Å²) in [6, 6.07) is 1.04. The number of pyridine rings is 1. The molecule has 1 aromatic rings. The summed E-state index contributed by atoms with van der Waals surface area (Å²) in [4.78, 5) is 3.75. The number of alkyl halides is 3. The van der Waals surface area contributed by atoms with Crippen molar-refractivity contribution in [3.63, 3.8) is 0 Å². The molecule has 0 bridgehead atoms. The lowest BCUT2D eigenvalue weighted by Crippen LogP contribution is -2.43. The molecule has 2 heterocycles. The van der Waals surface area contributed by atoms with Crippen molar-refractivity contribution in [2.75, 3.05) is 13.1 Å². The zero-order valence-electron chi connectivity index (χ0n) is 8.01. The topological polar surface area (TPSA) is 24.9 Å². The van der Waals surface area contributed by atoms with E-state index in [0.29, 0.717) is 17.9 Å². The van der Waals surface area contributed by atoms with Gasteiger partial charge >= 0.3 is 6.18 Å². The van der Waals surface area contributed by atoms with Gasteiger partial charge in [0.25, 0.3) is 0 Å². The molecule has 1 N–H and O–H groups in total. The number of nitrogens with zero attached hydrogens (tertiary/aromatic N) is 1. The van der Waals surface area contributed by atoms with Crippen LogP contribution in [0, 0.1) is 5.92 Å². The second-order valence-electron chi connectivity index (χ2n) is 3.76. The lowest BCUT2D eigenvalue weighted by atomic mass is 9.93. The van der Waals surface area contributed by atoms with Crippen molar-refractivity contribution in [3.05, 3.63) is 29.6 Å². The van der Waals surface area contributed by atoms with Crippen LogP contribution in [0.4, 0.5) is 13.2 Å². The van der Waals surface area contributed by atoms with Crippen LogP contribution in [-0.4, -0.2) is 18.1 Å². The van der Waals surface area contributed by atoms with E-state index in [0.717, 1.165) is 19.2 Å². The van der Waals surface area contributed by atoms with Gasteiger partial charge in [0.15, 0.2) is 0 Å². The van der Waals surface area contributed by atoms with Crippen molar-refractivity contribution in [3.8, 4) is 0 Å². The van der Waals surface area contributed by atoms with Crippen LogP contribution < -0.4 is 5.32 Å². The van der Waals surface area contributed by atoms with Gasteiger partial charge in [-0.1, -0.05) is 0 Å². The van der Waals surface area contributed by atoms with E-state index in [1.165, 1.54) is 12.4 Å². The third-order valence-corrected chi connectivity index (χ3v) is 2.58. The molecule has 1 saturated heterocycles. The van der Waals surface area contributed by atoms with Crippen LogP contribution in [0.15, 0.2) is 18.5 Å². The molecule has 0 radical (unpaired) electrons. The third-order valence-electron chi connectivity index (χ3n) is 2.58. The van der Waals surface area contributed by atoms with Crippen LogP contribution in [0.5, 0.6) is 0 Å². The summed E-state index contributed by atoms with van der Waals surface area (Å²) in [5.74, 6) is 0.315. The molecule has 0 unspecified atom stereocenters. The highest BCUT2D eigenvalue weighted by Crippen LogP contribution is 2.32. The van der Waals surface area contributed by atoms with Gasteiger partial charge in [0.1, 0.15) is 0 Å². The normalized spacial score (nSPS) is 17.5. The maximum Gasteiger partial charge on any atom is 0.416 e. The van der Waals surface area contributed by atoms with E-state index in [1.54, 1.807) is 0 Å². The van der Waals surface area contributed by atoms with E-state index in [-0.39, 0.29) is 0 Å². The highest BCUT2D eigenvalue weighted by Gasteiger charge is 2.34. The number of hydrogen-bond acceptors (Lipinski definition) is 2. The third kappa shape index (κ3) is 2.28. The minimum Gasteiger partial charge on any atom is -0.316 e. The van der Waals surface area contributed by atoms with E-state index in [9.17, 15) is 13.2 Å². The van der Waals surface area contributed by atoms with Crippen LogP contribution in [0.1, 0.15) is 11.1 Å². The van der Waals surface area contributed by atoms with Gasteiger partial charge in [-0.15, -0.1) is 0 Å². The van der Waals surface area contributed by atoms with E-state index in [4.69, 9.17) is 0 Å². The van der Waals surface area contributed by atoms with Crippen molar-refractivity contribution < 1.29 is 13.2 Å². The first kappa shape index (κ1) is 10.4. The maximum absolute atomic E-state index is 12.6. The molecule has 15 heavy (non-hydrogen) atoms. The van der Waals surface area contributed by atoms with E-state index in [2.05, 4.69) is 10.3 Å². The van der Waals surface area contributed by atoms with Crippen molar-refractivity contribution >= 4 is 0 Å². The van der Waals surface area contributed by atoms with Gasteiger partial charge in [0.05, 0.1) is 5.56 Å². The van der Waals surface area contributed by atoms with Crippen molar-refractivity contribution in [1.82, 2.24) is 10.3 Å². The molecule has 0 aromatic carbocycles. The number of nitrogens with one attached hydrogen (secondary N) is 1. The maximum atomic E-state index is 12.6. The Labute approximate surface area is 85.5 Å². The Morgan fingerprint density at radius 1 is 1.40 bits per heavy atom. The molecule has 1 aliphatic heterocycles. The molecule has 1 aliphatic rings. The zero-order valence-corrected chi connectivity index (χ0v) is 8.01. The van der Waals surface area contributed by atoms with Gasteiger partial charge in [-0.2, -0.15) is 13.2 Å². The quantitative estimate of drug-likeness (QED) is 0.816. The summed E-state index contributed by atoms with van der Waals surface area (Å²) in [5.41, 5.74) is -0.249. The number of aromatic nitrogens is 1. The summed E-state index contributed by atoms with van der Waals surface area (Å²) in [6.45, 7) is 1.60. The molecule has 0 spiro atoms. The average Bonchev–Trinajstić information content (AvgIpc) is 2.10. The van der Waals surface area contributed by atoms with Crippen molar-refractivity contribution in [1.29, 1.82) is 0 Å². The fourth-order valence-electron chi connectivity index (χ4n) is 1.67. The Hall–Kier alpha value is -1.10. The van der Waals surface area contributed by atoms with Crippen molar-refractivity contribution in [2.45, 2.75) is 12.6 Å². The van der Waals surface area contributed by atoms with Gasteiger partial charge in [-0.25, -0.2) is 0 Å². The van der Waals surface area contributed by atoms with Crippen LogP contribution >= 0.6 is 0 Å². The Balaban J connectivity index is 2.21. The smallest absolute Gasteiger partial charge is 0.316 e. The van der Waals surface area contributed by atoms with Gasteiger partial charge in [0, 0.05) is 12.4 Å². The fourth-order valence-corrected chi connectivity index (χ4v) is 1.67. The molecule has 1 aromatic heterocycles. The number of halogens is 3. The molecule has 2 nitrogen and oxygen atoms in total. The second-order valence-corrected chi connectivity index (χ2v) is 3.76. The Bertz CT molecular complexity index is 345. The Morgan fingerprint density at radius 3 is 2.67 bits per heavy atom. The molecular formula is C10H11F3N2. The molecule has 0 aliphatic carbocycles. The van der Waals surface area contributed by atoms with E-state index < -0.39 is 11.7 Å². The highest BCUT2D eigenvalue weighted by atomic mass is 19.4. The largest absolute Gasteiger partial charge is 0.416 e. The van der Waals surface area contributed by atoms with Crippen LogP contribution in [0.25, 0.3) is 0 Å². The molecule has 0 saturated carbocycles. The first-order chi connectivity index (χ1) is 7.07. The lowest BCUT2D eigenvalue weighted by molar-refractivity contribution is -0.138. The molecule has 82 valence electrons. The first-order valence-electron chi connectivity index (χ1n) is 4.78. The molecule has 0 atom stereocenters. The average molecular weight is 216 g/mol. The molecular weight excluding hydrogens is 205 g/mol. The number of rotatable bonds is 2. The molecule has 2 rings (SSSR count). The predicted molar refractivity (Wildman–Crippen MR) is 49.3 cm³/mol. The van der Waals surface area contributed by atoms with Crippen LogP contribution in [0.3, 0.4) is 0 Å². The minimum absolute atomic E-state index is 0.302. The van der Waals surface area contributed by atoms with Crippen LogP contribution in [-0.2, 0) is 12.6 Å². The summed E-state index contributed by atoms with van der Waals surface area (Å²) >= 11 is 0. The molecule has 1 fully saturated rings. The predicted octanol–water partition coefficient (Wildman–Crippen LogP) is 1.86. The monoisotopic (exact) mass is 216 g/mol. The lowest BCUT2D eigenvalue weighted by Gasteiger charge is -2.27. The van der Waals surface area contributed by atoms with E-state index >= 15 is 0 Å². The SMILES string of the molecule is FC(F)(F)c1ccncc1CC1CNC1. The standard InChI is InChI=1S/C10H11F3N2/c11-10(12,13)9-1-2-14-6-8(9)3-7-4-15-5-7/h1-2,6-7,15H,3-5H2. The molecule has 0 amide bonds. The summed E-state index contributed by atoms with van der Waals surface area (Å²) in [7, 11) is 0. The Morgan fingerprint density at radius 2 is 2.13 bits per heavy atom. The number of hydrogen-bond donors (Lipinski definition) is 1. The summed E-state index contributed by atoms with van der Waals surface area (Å²) in [6.07, 6.45) is -1.31. The second kappa shape index (κ2) is 3.81. The Kier molecular flexibility index (Phi) is 2.65. The van der Waals surface area contributed by atoms with Gasteiger partial charge in [-0.05, 0) is 37.1 Å². The van der Waals surface area contributed by atoms with Gasteiger partial charge < -0.3 is 5.32 Å². The summed E-state index contributed by atoms with van der Waals surface area (Å²) in [5, 5.41) is 3.04. The first-order valence-corrected chi connectivity index (χ1v) is 4.78. The van der Waals surface area contributed by atoms with Crippen molar-refractivity contribution in [2.24, 2.45) is 5.92 Å². The van der Waals surface area contributed by atoms with Gasteiger partial charge in [0.2, 0.25) is 0 Å². The van der Waals surface area contributed by atoms with E-state index in [1.807, 2.05) is 0 Å².